The fourth-order valence-electron chi connectivity index (χ4n) is 2.78. The molecule has 5 nitrogen and oxygen atoms in total. The zero-order chi connectivity index (χ0) is 15.4. The summed E-state index contributed by atoms with van der Waals surface area (Å²) in [6, 6.07) is 0. The molecule has 0 amide bonds. The van der Waals surface area contributed by atoms with Crippen molar-refractivity contribution in [1.29, 1.82) is 0 Å². The number of thiazole rings is 1. The maximum atomic E-state index is 6.01. The first kappa shape index (κ1) is 18.9. The Hall–Kier alpha value is -0.410. The van der Waals surface area contributed by atoms with Crippen LogP contribution < -0.4 is 5.32 Å². The average molecular weight is 450 g/mol. The molecule has 0 unspecified atom stereocenters. The number of likely N-dealkylation sites (tertiary alicyclic amines) is 1. The van der Waals surface area contributed by atoms with Gasteiger partial charge in [-0.3, -0.25) is 4.99 Å². The van der Waals surface area contributed by atoms with E-state index in [1.54, 1.807) is 11.3 Å². The van der Waals surface area contributed by atoms with Gasteiger partial charge >= 0.3 is 0 Å². The maximum absolute atomic E-state index is 6.01. The van der Waals surface area contributed by atoms with Crippen molar-refractivity contribution in [3.8, 4) is 0 Å². The normalized spacial score (nSPS) is 19.6. The molecule has 0 spiro atoms. The van der Waals surface area contributed by atoms with Crippen LogP contribution in [0.1, 0.15) is 36.3 Å². The first-order valence-corrected chi connectivity index (χ1v) is 9.10. The molecule has 7 heteroatoms. The first-order valence-electron chi connectivity index (χ1n) is 8.22. The second-order valence-corrected chi connectivity index (χ2v) is 7.16. The highest BCUT2D eigenvalue weighted by Crippen LogP contribution is 2.30. The van der Waals surface area contributed by atoms with Gasteiger partial charge in [0.05, 0.1) is 23.9 Å². The Balaban J connectivity index is 0.00000192. The Morgan fingerprint density at radius 2 is 2.13 bits per heavy atom. The van der Waals surface area contributed by atoms with Crippen molar-refractivity contribution in [1.82, 2.24) is 15.2 Å². The number of aryl methyl sites for hydroxylation is 1. The number of hydrogen-bond acceptors (Lipinski definition) is 4. The van der Waals surface area contributed by atoms with Gasteiger partial charge in [-0.2, -0.15) is 0 Å². The van der Waals surface area contributed by atoms with E-state index in [2.05, 4.69) is 27.1 Å². The van der Waals surface area contributed by atoms with Crippen LogP contribution in [0.25, 0.3) is 0 Å². The van der Waals surface area contributed by atoms with Gasteiger partial charge < -0.3 is 15.0 Å². The van der Waals surface area contributed by atoms with Gasteiger partial charge in [-0.1, -0.05) is 0 Å². The SMILES string of the molecule is CN=C(NCc1scnc1C)N1CCC(OCC2CC2)CC1.I. The van der Waals surface area contributed by atoms with Gasteiger partial charge in [-0.05, 0) is 38.5 Å². The summed E-state index contributed by atoms with van der Waals surface area (Å²) in [6.07, 6.45) is 5.39. The molecule has 0 aromatic carbocycles. The fourth-order valence-corrected chi connectivity index (χ4v) is 3.50. The summed E-state index contributed by atoms with van der Waals surface area (Å²) in [5, 5.41) is 3.46. The number of aliphatic imine (C=N–C) groups is 1. The lowest BCUT2D eigenvalue weighted by Gasteiger charge is -2.34. The lowest BCUT2D eigenvalue weighted by molar-refractivity contribution is 0.0131. The molecule has 1 aromatic rings. The minimum absolute atomic E-state index is 0. The first-order chi connectivity index (χ1) is 10.8. The molecule has 1 aromatic heterocycles. The van der Waals surface area contributed by atoms with Crippen molar-refractivity contribution in [2.45, 2.75) is 45.3 Å². The van der Waals surface area contributed by atoms with E-state index in [1.807, 2.05) is 12.6 Å². The van der Waals surface area contributed by atoms with Crippen molar-refractivity contribution in [2.24, 2.45) is 10.9 Å². The lowest BCUT2D eigenvalue weighted by Crippen LogP contribution is -2.46. The minimum atomic E-state index is 0. The Labute approximate surface area is 159 Å². The Morgan fingerprint density at radius 3 is 2.70 bits per heavy atom. The number of nitrogens with one attached hydrogen (secondary N) is 1. The highest BCUT2D eigenvalue weighted by molar-refractivity contribution is 14.0. The zero-order valence-electron chi connectivity index (χ0n) is 14.0. The Kier molecular flexibility index (Phi) is 7.55. The second-order valence-electron chi connectivity index (χ2n) is 6.22. The number of hydrogen-bond donors (Lipinski definition) is 1. The fraction of sp³-hybridized carbons (Fsp3) is 0.750. The Morgan fingerprint density at radius 1 is 1.39 bits per heavy atom. The minimum Gasteiger partial charge on any atom is -0.378 e. The molecule has 1 aliphatic carbocycles. The molecular formula is C16H27IN4OS. The third-order valence-corrected chi connectivity index (χ3v) is 5.40. The molecule has 0 radical (unpaired) electrons. The van der Waals surface area contributed by atoms with Crippen LogP contribution in [-0.2, 0) is 11.3 Å². The molecule has 23 heavy (non-hydrogen) atoms. The highest BCUT2D eigenvalue weighted by atomic mass is 127. The summed E-state index contributed by atoms with van der Waals surface area (Å²) in [7, 11) is 1.86. The molecule has 0 atom stereocenters. The third kappa shape index (κ3) is 5.56. The maximum Gasteiger partial charge on any atom is 0.193 e. The molecular weight excluding hydrogens is 423 g/mol. The van der Waals surface area contributed by atoms with Crippen molar-refractivity contribution in [3.63, 3.8) is 0 Å². The average Bonchev–Trinajstić information content (AvgIpc) is 3.29. The molecule has 1 aliphatic heterocycles. The van der Waals surface area contributed by atoms with E-state index in [1.165, 1.54) is 17.7 Å². The van der Waals surface area contributed by atoms with Gasteiger partial charge in [0.2, 0.25) is 0 Å². The molecule has 2 fully saturated rings. The van der Waals surface area contributed by atoms with Gasteiger partial charge in [-0.15, -0.1) is 35.3 Å². The summed E-state index contributed by atoms with van der Waals surface area (Å²) in [5.74, 6) is 1.85. The van der Waals surface area contributed by atoms with Crippen LogP contribution in [0, 0.1) is 12.8 Å². The lowest BCUT2D eigenvalue weighted by atomic mass is 10.1. The largest absolute Gasteiger partial charge is 0.378 e. The predicted molar refractivity (Wildman–Crippen MR) is 106 cm³/mol. The molecule has 1 saturated heterocycles. The van der Waals surface area contributed by atoms with E-state index in [-0.39, 0.29) is 24.0 Å². The van der Waals surface area contributed by atoms with Crippen LogP contribution in [0.4, 0.5) is 0 Å². The van der Waals surface area contributed by atoms with Crippen molar-refractivity contribution in [2.75, 3.05) is 26.7 Å². The van der Waals surface area contributed by atoms with Gasteiger partial charge in [0, 0.05) is 31.6 Å². The summed E-state index contributed by atoms with van der Waals surface area (Å²) in [4.78, 5) is 12.3. The van der Waals surface area contributed by atoms with Crippen LogP contribution in [0.5, 0.6) is 0 Å². The molecule has 3 rings (SSSR count). The summed E-state index contributed by atoms with van der Waals surface area (Å²) < 4.78 is 6.01. The number of nitrogens with zero attached hydrogens (tertiary/aromatic N) is 3. The van der Waals surface area contributed by atoms with Crippen molar-refractivity contribution < 1.29 is 4.74 Å². The molecule has 0 bridgehead atoms. The van der Waals surface area contributed by atoms with E-state index >= 15 is 0 Å². The van der Waals surface area contributed by atoms with E-state index in [0.29, 0.717) is 6.10 Å². The van der Waals surface area contributed by atoms with Gasteiger partial charge in [-0.25, -0.2) is 4.98 Å². The second kappa shape index (κ2) is 9.17. The predicted octanol–water partition coefficient (Wildman–Crippen LogP) is 3.04. The van der Waals surface area contributed by atoms with Crippen molar-refractivity contribution in [3.05, 3.63) is 16.1 Å². The van der Waals surface area contributed by atoms with Crippen LogP contribution in [0.15, 0.2) is 10.5 Å². The standard InChI is InChI=1S/C16H26N4OS.HI/c1-12-15(22-11-19-12)9-18-16(17-2)20-7-5-14(6-8-20)21-10-13-3-4-13;/h11,13-14H,3-10H2,1-2H3,(H,17,18);1H. The van der Waals surface area contributed by atoms with E-state index < -0.39 is 0 Å². The number of ether oxygens (including phenoxy) is 1. The number of guanidine groups is 1. The van der Waals surface area contributed by atoms with Crippen LogP contribution in [-0.4, -0.2) is 48.7 Å². The van der Waals surface area contributed by atoms with Gasteiger partial charge in [0.1, 0.15) is 0 Å². The number of rotatable bonds is 5. The molecule has 130 valence electrons. The van der Waals surface area contributed by atoms with Crippen LogP contribution in [0.3, 0.4) is 0 Å². The third-order valence-electron chi connectivity index (χ3n) is 4.47. The molecule has 1 N–H and O–H groups in total. The monoisotopic (exact) mass is 450 g/mol. The highest BCUT2D eigenvalue weighted by Gasteiger charge is 2.26. The quantitative estimate of drug-likeness (QED) is 0.426. The Bertz CT molecular complexity index is 510. The summed E-state index contributed by atoms with van der Waals surface area (Å²) >= 11 is 1.70. The molecule has 1 saturated carbocycles. The van der Waals surface area contributed by atoms with E-state index in [4.69, 9.17) is 4.74 Å². The van der Waals surface area contributed by atoms with Gasteiger partial charge in [0.15, 0.2) is 5.96 Å². The smallest absolute Gasteiger partial charge is 0.193 e. The molecule has 2 aliphatic rings. The molecule has 2 heterocycles. The number of piperidine rings is 1. The summed E-state index contributed by atoms with van der Waals surface area (Å²) in [6.45, 7) is 5.88. The summed E-state index contributed by atoms with van der Waals surface area (Å²) in [5.41, 5.74) is 3.01. The zero-order valence-corrected chi connectivity index (χ0v) is 17.1. The number of aromatic nitrogens is 1. The van der Waals surface area contributed by atoms with E-state index in [0.717, 1.165) is 56.7 Å². The van der Waals surface area contributed by atoms with Crippen LogP contribution in [0.2, 0.25) is 0 Å². The van der Waals surface area contributed by atoms with E-state index in [9.17, 15) is 0 Å². The topological polar surface area (TPSA) is 49.8 Å². The van der Waals surface area contributed by atoms with Crippen molar-refractivity contribution >= 4 is 41.3 Å². The van der Waals surface area contributed by atoms with Crippen LogP contribution >= 0.6 is 35.3 Å². The van der Waals surface area contributed by atoms with Gasteiger partial charge in [0.25, 0.3) is 0 Å². The number of halogens is 1.